The number of nitrogens with zero attached hydrogens (tertiary/aromatic N) is 1. The van der Waals surface area contributed by atoms with E-state index in [9.17, 15) is 4.79 Å². The van der Waals surface area contributed by atoms with Gasteiger partial charge in [-0.3, -0.25) is 4.79 Å². The highest BCUT2D eigenvalue weighted by molar-refractivity contribution is 6.14. The molecule has 1 unspecified atom stereocenters. The summed E-state index contributed by atoms with van der Waals surface area (Å²) in [5.41, 5.74) is 0. The standard InChI is InChI=1S/C6H10BNO/c1-5-3-2-4-8(7)6(5)9/h5H,2-4H2,1H3. The van der Waals surface area contributed by atoms with Gasteiger partial charge in [-0.2, -0.15) is 0 Å². The van der Waals surface area contributed by atoms with E-state index in [2.05, 4.69) is 0 Å². The Morgan fingerprint density at radius 1 is 1.78 bits per heavy atom. The van der Waals surface area contributed by atoms with E-state index in [1.165, 1.54) is 4.81 Å². The van der Waals surface area contributed by atoms with Crippen LogP contribution in [0.25, 0.3) is 0 Å². The van der Waals surface area contributed by atoms with Crippen LogP contribution in [0.1, 0.15) is 19.8 Å². The van der Waals surface area contributed by atoms with Gasteiger partial charge in [-0.1, -0.05) is 6.92 Å². The lowest BCUT2D eigenvalue weighted by atomic mass is 9.97. The summed E-state index contributed by atoms with van der Waals surface area (Å²) in [6, 6.07) is 0. The predicted molar refractivity (Wildman–Crippen MR) is 35.9 cm³/mol. The van der Waals surface area contributed by atoms with Crippen molar-refractivity contribution >= 4 is 13.9 Å². The molecule has 0 aromatic carbocycles. The van der Waals surface area contributed by atoms with Crippen molar-refractivity contribution in [2.24, 2.45) is 5.92 Å². The Bertz CT molecular complexity index is 114. The highest BCUT2D eigenvalue weighted by Crippen LogP contribution is 2.14. The highest BCUT2D eigenvalue weighted by Gasteiger charge is 2.20. The Hall–Kier alpha value is -0.465. The van der Waals surface area contributed by atoms with Crippen LogP contribution in [0.2, 0.25) is 0 Å². The topological polar surface area (TPSA) is 20.3 Å². The predicted octanol–water partition coefficient (Wildman–Crippen LogP) is 0.328. The van der Waals surface area contributed by atoms with Crippen molar-refractivity contribution in [1.29, 1.82) is 0 Å². The molecule has 0 saturated carbocycles. The summed E-state index contributed by atoms with van der Waals surface area (Å²) >= 11 is 0. The Morgan fingerprint density at radius 2 is 2.44 bits per heavy atom. The van der Waals surface area contributed by atoms with Gasteiger partial charge in [-0.25, -0.2) is 0 Å². The van der Waals surface area contributed by atoms with E-state index in [4.69, 9.17) is 7.98 Å². The second kappa shape index (κ2) is 2.42. The first-order valence-electron chi connectivity index (χ1n) is 3.28. The van der Waals surface area contributed by atoms with Crippen LogP contribution in [0.5, 0.6) is 0 Å². The van der Waals surface area contributed by atoms with E-state index in [1.54, 1.807) is 0 Å². The van der Waals surface area contributed by atoms with Gasteiger partial charge in [0.05, 0.1) is 0 Å². The number of rotatable bonds is 0. The normalized spacial score (nSPS) is 28.8. The zero-order valence-electron chi connectivity index (χ0n) is 5.63. The van der Waals surface area contributed by atoms with Gasteiger partial charge in [0.25, 0.3) is 0 Å². The summed E-state index contributed by atoms with van der Waals surface area (Å²) in [5.74, 6) is 0.227. The maximum Gasteiger partial charge on any atom is 0.230 e. The van der Waals surface area contributed by atoms with E-state index in [0.29, 0.717) is 0 Å². The summed E-state index contributed by atoms with van der Waals surface area (Å²) in [6.45, 7) is 2.64. The third kappa shape index (κ3) is 1.26. The summed E-state index contributed by atoms with van der Waals surface area (Å²) < 4.78 is 0. The van der Waals surface area contributed by atoms with Gasteiger partial charge in [-0.05, 0) is 12.8 Å². The molecule has 1 fully saturated rings. The monoisotopic (exact) mass is 123 g/mol. The second-order valence-corrected chi connectivity index (χ2v) is 2.57. The summed E-state index contributed by atoms with van der Waals surface area (Å²) in [4.78, 5) is 12.2. The third-order valence-electron chi connectivity index (χ3n) is 1.74. The van der Waals surface area contributed by atoms with Gasteiger partial charge in [0, 0.05) is 12.5 Å². The number of carbonyl (C=O) groups excluding carboxylic acids is 1. The van der Waals surface area contributed by atoms with Crippen LogP contribution in [0.3, 0.4) is 0 Å². The molecule has 0 N–H and O–H groups in total. The molecule has 48 valence electrons. The van der Waals surface area contributed by atoms with E-state index < -0.39 is 0 Å². The molecule has 0 aromatic rings. The second-order valence-electron chi connectivity index (χ2n) is 2.57. The number of piperidine rings is 1. The molecule has 1 aliphatic heterocycles. The van der Waals surface area contributed by atoms with Crippen LogP contribution in [0, 0.1) is 5.92 Å². The largest absolute Gasteiger partial charge is 0.396 e. The maximum atomic E-state index is 10.9. The van der Waals surface area contributed by atoms with Gasteiger partial charge < -0.3 is 4.81 Å². The molecule has 2 nitrogen and oxygen atoms in total. The average Bonchev–Trinajstić information content (AvgIpc) is 1.83. The molecule has 2 radical (unpaired) electrons. The quantitative estimate of drug-likeness (QED) is 0.425. The zero-order chi connectivity index (χ0) is 6.85. The van der Waals surface area contributed by atoms with Gasteiger partial charge >= 0.3 is 0 Å². The Morgan fingerprint density at radius 3 is 2.89 bits per heavy atom. The van der Waals surface area contributed by atoms with E-state index >= 15 is 0 Å². The molecular weight excluding hydrogens is 113 g/mol. The molecule has 1 aliphatic rings. The van der Waals surface area contributed by atoms with Crippen molar-refractivity contribution in [3.05, 3.63) is 0 Å². The number of hydrogen-bond acceptors (Lipinski definition) is 1. The third-order valence-corrected chi connectivity index (χ3v) is 1.74. The molecule has 0 spiro atoms. The van der Waals surface area contributed by atoms with Crippen molar-refractivity contribution in [2.75, 3.05) is 6.54 Å². The van der Waals surface area contributed by atoms with Crippen molar-refractivity contribution in [2.45, 2.75) is 19.8 Å². The molecule has 0 bridgehead atoms. The molecule has 1 amide bonds. The molecular formula is C6H10BNO. The maximum absolute atomic E-state index is 10.9. The number of hydrogen-bond donors (Lipinski definition) is 0. The first-order chi connectivity index (χ1) is 4.22. The van der Waals surface area contributed by atoms with Crippen LogP contribution in [-0.2, 0) is 4.79 Å². The number of carbonyl (C=O) groups is 1. The lowest BCUT2D eigenvalue weighted by Gasteiger charge is -2.27. The average molecular weight is 123 g/mol. The zero-order valence-corrected chi connectivity index (χ0v) is 5.63. The van der Waals surface area contributed by atoms with Crippen molar-refractivity contribution in [3.63, 3.8) is 0 Å². The van der Waals surface area contributed by atoms with Crippen LogP contribution in [0.4, 0.5) is 0 Å². The van der Waals surface area contributed by atoms with Crippen molar-refractivity contribution < 1.29 is 4.79 Å². The van der Waals surface area contributed by atoms with Crippen molar-refractivity contribution in [3.8, 4) is 0 Å². The Kier molecular flexibility index (Phi) is 1.79. The fourth-order valence-corrected chi connectivity index (χ4v) is 1.08. The molecule has 0 aromatic heterocycles. The Balaban J connectivity index is 2.52. The number of amides is 1. The SMILES string of the molecule is [B]N1CCCC(C)C1=O. The van der Waals surface area contributed by atoms with Gasteiger partial charge in [-0.15, -0.1) is 0 Å². The van der Waals surface area contributed by atoms with Crippen molar-refractivity contribution in [1.82, 2.24) is 4.81 Å². The molecule has 3 heteroatoms. The minimum atomic E-state index is 0.0845. The lowest BCUT2D eigenvalue weighted by Crippen LogP contribution is -2.37. The fourth-order valence-electron chi connectivity index (χ4n) is 1.08. The minimum Gasteiger partial charge on any atom is -0.396 e. The minimum absolute atomic E-state index is 0.0845. The molecule has 1 saturated heterocycles. The summed E-state index contributed by atoms with van der Waals surface area (Å²) in [6.07, 6.45) is 2.04. The van der Waals surface area contributed by atoms with E-state index in [1.807, 2.05) is 6.92 Å². The molecule has 1 atom stereocenters. The smallest absolute Gasteiger partial charge is 0.230 e. The van der Waals surface area contributed by atoms with Crippen LogP contribution >= 0.6 is 0 Å². The lowest BCUT2D eigenvalue weighted by molar-refractivity contribution is -0.132. The fraction of sp³-hybridized carbons (Fsp3) is 0.833. The first kappa shape index (κ1) is 6.65. The first-order valence-corrected chi connectivity index (χ1v) is 3.28. The van der Waals surface area contributed by atoms with Gasteiger partial charge in [0.15, 0.2) is 0 Å². The Labute approximate surface area is 56.7 Å². The molecule has 0 aliphatic carbocycles. The molecule has 1 heterocycles. The van der Waals surface area contributed by atoms with E-state index in [-0.39, 0.29) is 11.8 Å². The molecule has 9 heavy (non-hydrogen) atoms. The summed E-state index contributed by atoms with van der Waals surface area (Å²) in [5, 5.41) is 0. The van der Waals surface area contributed by atoms with Crippen LogP contribution in [-0.4, -0.2) is 25.2 Å². The van der Waals surface area contributed by atoms with Gasteiger partial charge in [0.1, 0.15) is 0 Å². The molecule has 1 rings (SSSR count). The van der Waals surface area contributed by atoms with Gasteiger partial charge in [0.2, 0.25) is 13.9 Å². The van der Waals surface area contributed by atoms with Crippen LogP contribution < -0.4 is 0 Å². The van der Waals surface area contributed by atoms with Crippen LogP contribution in [0.15, 0.2) is 0 Å². The van der Waals surface area contributed by atoms with E-state index in [0.717, 1.165) is 19.4 Å². The highest BCUT2D eigenvalue weighted by atomic mass is 16.2. The summed E-state index contributed by atoms with van der Waals surface area (Å²) in [7, 11) is 5.35.